The van der Waals surface area contributed by atoms with E-state index in [4.69, 9.17) is 0 Å². The molecule has 5 nitrogen and oxygen atoms in total. The van der Waals surface area contributed by atoms with Crippen molar-refractivity contribution < 1.29 is 4.79 Å². The van der Waals surface area contributed by atoms with Crippen LogP contribution < -0.4 is 4.90 Å². The maximum absolute atomic E-state index is 10.7. The quantitative estimate of drug-likeness (QED) is 0.205. The number of aromatic nitrogens is 2. The normalized spacial score (nSPS) is 12.5. The lowest BCUT2D eigenvalue weighted by Gasteiger charge is -2.35. The van der Waals surface area contributed by atoms with Gasteiger partial charge in [0.2, 0.25) is 0 Å². The number of Topliss-reactive ketones (excluding diaryl/α,β-unsaturated/α-hetero) is 1. The molecule has 0 N–H and O–H groups in total. The van der Waals surface area contributed by atoms with E-state index in [1.807, 2.05) is 46.8 Å². The van der Waals surface area contributed by atoms with Gasteiger partial charge in [0.1, 0.15) is 12.1 Å². The molecule has 0 unspecified atom stereocenters. The van der Waals surface area contributed by atoms with Crippen molar-refractivity contribution in [3.63, 3.8) is 0 Å². The summed E-state index contributed by atoms with van der Waals surface area (Å²) in [5, 5.41) is 0. The van der Waals surface area contributed by atoms with E-state index in [0.717, 1.165) is 58.4 Å². The van der Waals surface area contributed by atoms with E-state index in [9.17, 15) is 4.79 Å². The number of anilines is 1. The van der Waals surface area contributed by atoms with Gasteiger partial charge in [-0.2, -0.15) is 0 Å². The fraction of sp³-hybridized carbons (Fsp3) is 0.694. The summed E-state index contributed by atoms with van der Waals surface area (Å²) in [7, 11) is 0. The Balaban J connectivity index is -0.000000273. The van der Waals surface area contributed by atoms with Crippen molar-refractivity contribution in [3.05, 3.63) is 54.0 Å². The number of ketones is 1. The predicted octanol–water partition coefficient (Wildman–Crippen LogP) is 10.1. The molecular formula is C36H70N4O. The first kappa shape index (κ1) is 45.7. The third-order valence-electron chi connectivity index (χ3n) is 5.71. The van der Waals surface area contributed by atoms with Crippen LogP contribution >= 0.6 is 0 Å². The molecule has 2 rings (SSSR count). The lowest BCUT2D eigenvalue weighted by atomic mass is 10.0. The molecule has 0 amide bonds. The number of aryl methyl sites for hydroxylation is 1. The fourth-order valence-electron chi connectivity index (χ4n) is 3.47. The Morgan fingerprint density at radius 3 is 1.73 bits per heavy atom. The van der Waals surface area contributed by atoms with Gasteiger partial charge in [-0.05, 0) is 33.2 Å². The molecule has 0 radical (unpaired) electrons. The Kier molecular flexibility index (Phi) is 39.9. The Labute approximate surface area is 257 Å². The molecule has 0 bridgehead atoms. The summed E-state index contributed by atoms with van der Waals surface area (Å²) in [4.78, 5) is 24.8. The second-order valence-electron chi connectivity index (χ2n) is 9.16. The smallest absolute Gasteiger partial charge is 0.159 e. The van der Waals surface area contributed by atoms with Crippen LogP contribution in [0.4, 0.5) is 5.82 Å². The molecule has 240 valence electrons. The van der Waals surface area contributed by atoms with Crippen LogP contribution in [0, 0.1) is 0 Å². The minimum Gasteiger partial charge on any atom is -0.354 e. The van der Waals surface area contributed by atoms with Gasteiger partial charge < -0.3 is 9.80 Å². The van der Waals surface area contributed by atoms with E-state index in [1.165, 1.54) is 43.3 Å². The van der Waals surface area contributed by atoms with E-state index in [1.54, 1.807) is 18.5 Å². The molecule has 5 heteroatoms. The van der Waals surface area contributed by atoms with E-state index >= 15 is 0 Å². The standard InChI is InChI=1S/C16H28N4.C9H12O.C4H10.C3H8.2C2H6/c1-4-7-14-15(8-5-2)17-13-18-16(14)20-11-9-19(6-3)10-12-20;1-4-6-7-9(5-2)8(3)10;1-3-4-2;1-3-2;2*1-2/h13H,4-12H2,1-3H3;4-7H,2H2,1,3H3;3-4H2,1-2H3;3H2,1-2H3;2*1-2H3/b;6-4+,9-7+;;;;. The fourth-order valence-corrected chi connectivity index (χ4v) is 3.47. The molecule has 1 aliphatic heterocycles. The van der Waals surface area contributed by atoms with Crippen LogP contribution in [-0.4, -0.2) is 53.4 Å². The van der Waals surface area contributed by atoms with Crippen molar-refractivity contribution in [2.45, 2.75) is 135 Å². The summed E-state index contributed by atoms with van der Waals surface area (Å²) in [6, 6.07) is 0. The van der Waals surface area contributed by atoms with Gasteiger partial charge in [-0.15, -0.1) is 0 Å². The van der Waals surface area contributed by atoms with Gasteiger partial charge in [0.25, 0.3) is 0 Å². The maximum Gasteiger partial charge on any atom is 0.159 e. The monoisotopic (exact) mass is 575 g/mol. The molecule has 0 aromatic carbocycles. The molecule has 0 spiro atoms. The zero-order chi connectivity index (χ0) is 32.5. The van der Waals surface area contributed by atoms with Crippen LogP contribution in [0.15, 0.2) is 42.8 Å². The minimum atomic E-state index is 0.0492. The average Bonchev–Trinajstić information content (AvgIpc) is 3.01. The SMILES string of the molecule is C=C/C(=C\C=C\C)C(C)=O.CC.CC.CCC.CCCC.CCCc1ncnc(N2CCN(CC)CC2)c1CCC. The second kappa shape index (κ2) is 35.8. The van der Waals surface area contributed by atoms with E-state index in [0.29, 0.717) is 5.57 Å². The van der Waals surface area contributed by atoms with Crippen LogP contribution in [0.5, 0.6) is 0 Å². The number of hydrogen-bond donors (Lipinski definition) is 0. The third kappa shape index (κ3) is 24.1. The average molecular weight is 575 g/mol. The maximum atomic E-state index is 10.7. The highest BCUT2D eigenvalue weighted by atomic mass is 16.1. The first-order chi connectivity index (χ1) is 19.8. The first-order valence-electron chi connectivity index (χ1n) is 16.6. The van der Waals surface area contributed by atoms with Crippen molar-refractivity contribution in [2.24, 2.45) is 0 Å². The zero-order valence-electron chi connectivity index (χ0n) is 29.8. The number of rotatable bonds is 10. The highest BCUT2D eigenvalue weighted by molar-refractivity contribution is 5.96. The van der Waals surface area contributed by atoms with Gasteiger partial charge in [0.15, 0.2) is 5.78 Å². The molecule has 1 aromatic rings. The summed E-state index contributed by atoms with van der Waals surface area (Å²) in [5.41, 5.74) is 3.30. The summed E-state index contributed by atoms with van der Waals surface area (Å²) >= 11 is 0. The van der Waals surface area contributed by atoms with Gasteiger partial charge in [0.05, 0.1) is 0 Å². The number of hydrogen-bond acceptors (Lipinski definition) is 5. The van der Waals surface area contributed by atoms with Gasteiger partial charge in [-0.25, -0.2) is 9.97 Å². The molecular weight excluding hydrogens is 504 g/mol. The molecule has 0 saturated carbocycles. The van der Waals surface area contributed by atoms with Crippen molar-refractivity contribution in [2.75, 3.05) is 37.6 Å². The van der Waals surface area contributed by atoms with E-state index in [-0.39, 0.29) is 5.78 Å². The number of likely N-dealkylation sites (N-methyl/N-ethyl adjacent to an activating group) is 1. The first-order valence-corrected chi connectivity index (χ1v) is 16.6. The van der Waals surface area contributed by atoms with Crippen LogP contribution in [0.1, 0.15) is 133 Å². The number of unbranched alkanes of at least 4 members (excludes halogenated alkanes) is 1. The molecule has 1 aromatic heterocycles. The summed E-state index contributed by atoms with van der Waals surface area (Å²) in [6.45, 7) is 35.9. The molecule has 1 fully saturated rings. The van der Waals surface area contributed by atoms with Crippen molar-refractivity contribution >= 4 is 11.6 Å². The molecule has 1 aliphatic rings. The van der Waals surface area contributed by atoms with Crippen LogP contribution in [0.2, 0.25) is 0 Å². The Bertz CT molecular complexity index is 761. The lowest BCUT2D eigenvalue weighted by molar-refractivity contribution is -0.113. The van der Waals surface area contributed by atoms with Crippen LogP contribution in [-0.2, 0) is 17.6 Å². The largest absolute Gasteiger partial charge is 0.354 e. The predicted molar refractivity (Wildman–Crippen MR) is 187 cm³/mol. The Hall–Kier alpha value is -2.27. The third-order valence-corrected chi connectivity index (χ3v) is 5.71. The molecule has 0 atom stereocenters. The second-order valence-corrected chi connectivity index (χ2v) is 9.16. The van der Waals surface area contributed by atoms with E-state index < -0.39 is 0 Å². The van der Waals surface area contributed by atoms with Crippen LogP contribution in [0.3, 0.4) is 0 Å². The highest BCUT2D eigenvalue weighted by Crippen LogP contribution is 2.23. The lowest BCUT2D eigenvalue weighted by Crippen LogP contribution is -2.46. The summed E-state index contributed by atoms with van der Waals surface area (Å²) in [5.74, 6) is 1.24. The van der Waals surface area contributed by atoms with Gasteiger partial charge in [-0.1, -0.05) is 139 Å². The number of nitrogens with zero attached hydrogens (tertiary/aromatic N) is 4. The molecule has 1 saturated heterocycles. The summed E-state index contributed by atoms with van der Waals surface area (Å²) < 4.78 is 0. The van der Waals surface area contributed by atoms with Gasteiger partial charge in [0, 0.05) is 43.0 Å². The number of allylic oxidation sites excluding steroid dienone is 5. The number of carbonyl (C=O) groups is 1. The minimum absolute atomic E-state index is 0.0492. The zero-order valence-corrected chi connectivity index (χ0v) is 29.8. The van der Waals surface area contributed by atoms with Gasteiger partial charge >= 0.3 is 0 Å². The topological polar surface area (TPSA) is 49.3 Å². The number of piperazine rings is 1. The van der Waals surface area contributed by atoms with Crippen molar-refractivity contribution in [3.8, 4) is 0 Å². The Morgan fingerprint density at radius 2 is 1.37 bits per heavy atom. The molecule has 41 heavy (non-hydrogen) atoms. The van der Waals surface area contributed by atoms with Crippen molar-refractivity contribution in [1.29, 1.82) is 0 Å². The van der Waals surface area contributed by atoms with E-state index in [2.05, 4.69) is 74.8 Å². The number of carbonyl (C=O) groups excluding carboxylic acids is 1. The summed E-state index contributed by atoms with van der Waals surface area (Å²) in [6.07, 6.45) is 17.1. The highest BCUT2D eigenvalue weighted by Gasteiger charge is 2.20. The van der Waals surface area contributed by atoms with Crippen molar-refractivity contribution in [1.82, 2.24) is 14.9 Å². The Morgan fingerprint density at radius 1 is 0.854 bits per heavy atom. The molecule has 2 heterocycles. The molecule has 0 aliphatic carbocycles. The van der Waals surface area contributed by atoms with Crippen LogP contribution in [0.25, 0.3) is 0 Å². The van der Waals surface area contributed by atoms with Gasteiger partial charge in [-0.3, -0.25) is 4.79 Å².